The summed E-state index contributed by atoms with van der Waals surface area (Å²) in [6.45, 7) is 2.89. The van der Waals surface area contributed by atoms with E-state index in [0.29, 0.717) is 31.5 Å². The van der Waals surface area contributed by atoms with Gasteiger partial charge in [-0.3, -0.25) is 4.31 Å². The van der Waals surface area contributed by atoms with Gasteiger partial charge in [-0.1, -0.05) is 22.9 Å². The van der Waals surface area contributed by atoms with Gasteiger partial charge in [-0.2, -0.15) is 0 Å². The smallest absolute Gasteiger partial charge is 0.407 e. The maximum atomic E-state index is 13.0. The molecule has 1 saturated heterocycles. The number of sulfonamides is 1. The maximum absolute atomic E-state index is 13.0. The number of anilines is 1. The van der Waals surface area contributed by atoms with Crippen molar-refractivity contribution in [3.05, 3.63) is 28.7 Å². The summed E-state index contributed by atoms with van der Waals surface area (Å²) in [5, 5.41) is 8.45. The van der Waals surface area contributed by atoms with E-state index in [0.717, 1.165) is 4.47 Å². The molecular weight excluding hydrogens is 384 g/mol. The molecule has 23 heavy (non-hydrogen) atoms. The Kier molecular flexibility index (Phi) is 5.91. The van der Waals surface area contributed by atoms with Crippen molar-refractivity contribution in [1.82, 2.24) is 4.90 Å². The number of hydrogen-bond acceptors (Lipinski definition) is 3. The quantitative estimate of drug-likeness (QED) is 0.817. The fraction of sp³-hybridized carbons (Fsp3) is 0.533. The number of piperidine rings is 1. The maximum Gasteiger partial charge on any atom is 0.407 e. The molecule has 0 radical (unpaired) electrons. The Labute approximate surface area is 145 Å². The summed E-state index contributed by atoms with van der Waals surface area (Å²) in [6.07, 6.45) is 0.402. The van der Waals surface area contributed by atoms with Crippen LogP contribution in [0.1, 0.15) is 26.2 Å². The third kappa shape index (κ3) is 4.17. The molecule has 0 saturated carbocycles. The number of likely N-dealkylation sites (tertiary alicyclic amines) is 1. The summed E-state index contributed by atoms with van der Waals surface area (Å²) in [7, 11) is -3.50. The van der Waals surface area contributed by atoms with Gasteiger partial charge in [0.1, 0.15) is 0 Å². The molecule has 2 rings (SSSR count). The van der Waals surface area contributed by atoms with Gasteiger partial charge < -0.3 is 10.0 Å². The predicted molar refractivity (Wildman–Crippen MR) is 93.3 cm³/mol. The zero-order valence-corrected chi connectivity index (χ0v) is 15.4. The lowest BCUT2D eigenvalue weighted by molar-refractivity contribution is 0.136. The van der Waals surface area contributed by atoms with Crippen molar-refractivity contribution in [2.45, 2.75) is 31.4 Å². The number of hydrogen-bond donors (Lipinski definition) is 1. The predicted octanol–water partition coefficient (Wildman–Crippen LogP) is 3.14. The summed E-state index contributed by atoms with van der Waals surface area (Å²) < 4.78 is 28.3. The van der Waals surface area contributed by atoms with Gasteiger partial charge in [-0.25, -0.2) is 13.2 Å². The standard InChI is InChI=1S/C15H21BrN2O4S/c1-2-9-18(13-5-3-12(16)4-6-13)23(21,22)14-7-10-17(11-8-14)15(19)20/h3-6,14H,2,7-11H2,1H3,(H,19,20). The first kappa shape index (κ1) is 18.1. The van der Waals surface area contributed by atoms with Gasteiger partial charge in [0.15, 0.2) is 0 Å². The van der Waals surface area contributed by atoms with Gasteiger partial charge in [-0.05, 0) is 43.5 Å². The molecule has 6 nitrogen and oxygen atoms in total. The molecule has 1 aliphatic rings. The zero-order chi connectivity index (χ0) is 17.0. The molecule has 1 amide bonds. The number of carboxylic acid groups (broad SMARTS) is 1. The highest BCUT2D eigenvalue weighted by Gasteiger charge is 2.35. The number of halogens is 1. The van der Waals surface area contributed by atoms with E-state index in [1.807, 2.05) is 19.1 Å². The highest BCUT2D eigenvalue weighted by molar-refractivity contribution is 9.10. The molecule has 0 spiro atoms. The number of benzene rings is 1. The topological polar surface area (TPSA) is 77.9 Å². The Morgan fingerprint density at radius 2 is 1.87 bits per heavy atom. The van der Waals surface area contributed by atoms with Crippen LogP contribution in [0.15, 0.2) is 28.7 Å². The number of nitrogens with zero attached hydrogens (tertiary/aromatic N) is 2. The minimum Gasteiger partial charge on any atom is -0.465 e. The molecule has 0 aromatic heterocycles. The monoisotopic (exact) mass is 404 g/mol. The van der Waals surface area contributed by atoms with Crippen molar-refractivity contribution < 1.29 is 18.3 Å². The molecule has 0 aliphatic carbocycles. The molecule has 1 aromatic carbocycles. The lowest BCUT2D eigenvalue weighted by atomic mass is 10.1. The van der Waals surface area contributed by atoms with E-state index in [4.69, 9.17) is 5.11 Å². The third-order valence-corrected chi connectivity index (χ3v) is 6.83. The van der Waals surface area contributed by atoms with Crippen LogP contribution >= 0.6 is 15.9 Å². The van der Waals surface area contributed by atoms with E-state index in [1.54, 1.807) is 12.1 Å². The van der Waals surface area contributed by atoms with Gasteiger partial charge in [0, 0.05) is 24.1 Å². The van der Waals surface area contributed by atoms with Crippen LogP contribution in [0.25, 0.3) is 0 Å². The summed E-state index contributed by atoms with van der Waals surface area (Å²) >= 11 is 3.35. The molecular formula is C15H21BrN2O4S. The van der Waals surface area contributed by atoms with Crippen molar-refractivity contribution >= 4 is 37.7 Å². The Balaban J connectivity index is 2.20. The van der Waals surface area contributed by atoms with Crippen molar-refractivity contribution in [2.24, 2.45) is 0 Å². The first-order valence-corrected chi connectivity index (χ1v) is 9.91. The largest absolute Gasteiger partial charge is 0.465 e. The van der Waals surface area contributed by atoms with Gasteiger partial charge in [0.05, 0.1) is 10.9 Å². The van der Waals surface area contributed by atoms with Crippen LogP contribution in [-0.4, -0.2) is 49.4 Å². The lowest BCUT2D eigenvalue weighted by Gasteiger charge is -2.34. The fourth-order valence-corrected chi connectivity index (χ4v) is 5.02. The number of rotatable bonds is 5. The second kappa shape index (κ2) is 7.53. The summed E-state index contributed by atoms with van der Waals surface area (Å²) in [5.74, 6) is 0. The van der Waals surface area contributed by atoms with E-state index in [9.17, 15) is 13.2 Å². The highest BCUT2D eigenvalue weighted by atomic mass is 79.9. The third-order valence-electron chi connectivity index (χ3n) is 3.98. The SMILES string of the molecule is CCCN(c1ccc(Br)cc1)S(=O)(=O)C1CCN(C(=O)O)CC1. The van der Waals surface area contributed by atoms with E-state index in [1.165, 1.54) is 9.21 Å². The van der Waals surface area contributed by atoms with Gasteiger partial charge in [0.2, 0.25) is 10.0 Å². The Hall–Kier alpha value is -1.28. The van der Waals surface area contributed by atoms with Crippen LogP contribution in [0.2, 0.25) is 0 Å². The second-order valence-electron chi connectivity index (χ2n) is 5.56. The molecule has 0 unspecified atom stereocenters. The Morgan fingerprint density at radius 3 is 2.35 bits per heavy atom. The minimum absolute atomic E-state index is 0.263. The average molecular weight is 405 g/mol. The normalized spacial score (nSPS) is 16.3. The molecule has 128 valence electrons. The lowest BCUT2D eigenvalue weighted by Crippen LogP contribution is -2.47. The van der Waals surface area contributed by atoms with Crippen LogP contribution in [0, 0.1) is 0 Å². The second-order valence-corrected chi connectivity index (χ2v) is 8.62. The van der Waals surface area contributed by atoms with Crippen LogP contribution in [0.4, 0.5) is 10.5 Å². The van der Waals surface area contributed by atoms with Crippen molar-refractivity contribution in [3.8, 4) is 0 Å². The van der Waals surface area contributed by atoms with E-state index >= 15 is 0 Å². The Bertz CT molecular complexity index is 640. The van der Waals surface area contributed by atoms with Gasteiger partial charge >= 0.3 is 6.09 Å². The summed E-state index contributed by atoms with van der Waals surface area (Å²) in [5.41, 5.74) is 0.649. The van der Waals surface area contributed by atoms with Crippen molar-refractivity contribution in [1.29, 1.82) is 0 Å². The first-order valence-electron chi connectivity index (χ1n) is 7.61. The highest BCUT2D eigenvalue weighted by Crippen LogP contribution is 2.27. The molecule has 1 aliphatic heterocycles. The molecule has 8 heteroatoms. The van der Waals surface area contributed by atoms with E-state index < -0.39 is 21.4 Å². The van der Waals surface area contributed by atoms with Gasteiger partial charge in [-0.15, -0.1) is 0 Å². The van der Waals surface area contributed by atoms with Crippen LogP contribution in [-0.2, 0) is 10.0 Å². The average Bonchev–Trinajstić information content (AvgIpc) is 2.53. The van der Waals surface area contributed by atoms with Crippen LogP contribution in [0.5, 0.6) is 0 Å². The van der Waals surface area contributed by atoms with Crippen LogP contribution < -0.4 is 4.31 Å². The molecule has 0 atom stereocenters. The summed E-state index contributed by atoms with van der Waals surface area (Å²) in [4.78, 5) is 12.2. The summed E-state index contributed by atoms with van der Waals surface area (Å²) in [6, 6.07) is 7.20. The minimum atomic E-state index is -3.50. The van der Waals surface area contributed by atoms with E-state index in [-0.39, 0.29) is 13.1 Å². The van der Waals surface area contributed by atoms with E-state index in [2.05, 4.69) is 15.9 Å². The zero-order valence-electron chi connectivity index (χ0n) is 13.0. The van der Waals surface area contributed by atoms with Crippen molar-refractivity contribution in [2.75, 3.05) is 23.9 Å². The molecule has 0 bridgehead atoms. The number of carbonyl (C=O) groups is 1. The Morgan fingerprint density at radius 1 is 1.30 bits per heavy atom. The van der Waals surface area contributed by atoms with Crippen molar-refractivity contribution in [3.63, 3.8) is 0 Å². The van der Waals surface area contributed by atoms with Crippen LogP contribution in [0.3, 0.4) is 0 Å². The first-order chi connectivity index (χ1) is 10.9. The molecule has 1 fully saturated rings. The molecule has 1 N–H and O–H groups in total. The van der Waals surface area contributed by atoms with Gasteiger partial charge in [0.25, 0.3) is 0 Å². The molecule has 1 aromatic rings. The fourth-order valence-electron chi connectivity index (χ4n) is 2.74. The number of amides is 1. The molecule has 1 heterocycles.